The van der Waals surface area contributed by atoms with Crippen LogP contribution >= 0.6 is 11.8 Å². The summed E-state index contributed by atoms with van der Waals surface area (Å²) in [5, 5.41) is 3.38. The van der Waals surface area contributed by atoms with Crippen molar-refractivity contribution in [2.45, 2.75) is 35.1 Å². The van der Waals surface area contributed by atoms with Crippen molar-refractivity contribution in [2.75, 3.05) is 7.05 Å². The van der Waals surface area contributed by atoms with Crippen LogP contribution in [0.25, 0.3) is 0 Å². The van der Waals surface area contributed by atoms with Gasteiger partial charge in [-0.25, -0.2) is 4.39 Å². The largest absolute Gasteiger partial charge is 0.313 e. The molecule has 20 heavy (non-hydrogen) atoms. The minimum atomic E-state index is -0.178. The van der Waals surface area contributed by atoms with Gasteiger partial charge in [0.1, 0.15) is 5.82 Å². The quantitative estimate of drug-likeness (QED) is 0.887. The molecule has 104 valence electrons. The molecule has 1 nitrogen and oxygen atoms in total. The van der Waals surface area contributed by atoms with Crippen molar-refractivity contribution in [3.8, 4) is 0 Å². The summed E-state index contributed by atoms with van der Waals surface area (Å²) in [4.78, 5) is 2.14. The average Bonchev–Trinajstić information content (AvgIpc) is 2.46. The molecule has 0 heterocycles. The van der Waals surface area contributed by atoms with Crippen LogP contribution in [0.2, 0.25) is 0 Å². The van der Waals surface area contributed by atoms with Gasteiger partial charge in [0.2, 0.25) is 0 Å². The Bertz CT molecular complexity index is 612. The average molecular weight is 287 g/mol. The van der Waals surface area contributed by atoms with E-state index in [9.17, 15) is 4.39 Å². The van der Waals surface area contributed by atoms with Gasteiger partial charge < -0.3 is 5.32 Å². The molecule has 0 bridgehead atoms. The zero-order valence-electron chi connectivity index (χ0n) is 11.5. The van der Waals surface area contributed by atoms with Gasteiger partial charge in [-0.1, -0.05) is 23.9 Å². The van der Waals surface area contributed by atoms with Crippen molar-refractivity contribution in [1.29, 1.82) is 0 Å². The molecular weight excluding hydrogens is 269 g/mol. The summed E-state index contributed by atoms with van der Waals surface area (Å²) in [6, 6.07) is 13.9. The van der Waals surface area contributed by atoms with Crippen molar-refractivity contribution < 1.29 is 4.39 Å². The smallest absolute Gasteiger partial charge is 0.124 e. The van der Waals surface area contributed by atoms with Gasteiger partial charge in [-0.2, -0.15) is 0 Å². The highest BCUT2D eigenvalue weighted by atomic mass is 32.2. The molecule has 3 rings (SSSR count). The first kappa shape index (κ1) is 13.7. The molecule has 0 amide bonds. The molecule has 3 heteroatoms. The fraction of sp³-hybridized carbons (Fsp3) is 0.294. The summed E-state index contributed by atoms with van der Waals surface area (Å²) in [7, 11) is 2.02. The molecule has 2 aromatic rings. The van der Waals surface area contributed by atoms with Crippen LogP contribution in [0.4, 0.5) is 4.39 Å². The second-order valence-corrected chi connectivity index (χ2v) is 6.30. The van der Waals surface area contributed by atoms with Crippen molar-refractivity contribution in [3.05, 3.63) is 59.4 Å². The third kappa shape index (κ3) is 2.89. The van der Waals surface area contributed by atoms with Gasteiger partial charge in [-0.05, 0) is 67.8 Å². The third-order valence-electron chi connectivity index (χ3n) is 3.81. The summed E-state index contributed by atoms with van der Waals surface area (Å²) in [6.07, 6.45) is 3.58. The number of nitrogens with one attached hydrogen (secondary N) is 1. The molecule has 1 N–H and O–H groups in total. The topological polar surface area (TPSA) is 12.0 Å². The standard InChI is InChI=1S/C17H18FNS/c1-19-17-7-2-4-12-10-15(8-9-16(12)17)20-14-6-3-5-13(18)11-14/h3,5-6,8-11,17,19H,2,4,7H2,1H3/t17-/m1/s1. The Balaban J connectivity index is 1.85. The number of hydrogen-bond donors (Lipinski definition) is 1. The van der Waals surface area contributed by atoms with Crippen molar-refractivity contribution in [1.82, 2.24) is 5.32 Å². The minimum absolute atomic E-state index is 0.178. The Kier molecular flexibility index (Phi) is 4.08. The summed E-state index contributed by atoms with van der Waals surface area (Å²) in [6.45, 7) is 0. The van der Waals surface area contributed by atoms with Crippen LogP contribution < -0.4 is 5.32 Å². The predicted molar refractivity (Wildman–Crippen MR) is 81.7 cm³/mol. The number of rotatable bonds is 3. The molecule has 0 aliphatic heterocycles. The van der Waals surface area contributed by atoms with Crippen LogP contribution in [0.3, 0.4) is 0 Å². The first-order valence-corrected chi connectivity index (χ1v) is 7.81. The lowest BCUT2D eigenvalue weighted by Crippen LogP contribution is -2.21. The minimum Gasteiger partial charge on any atom is -0.313 e. The number of aryl methyl sites for hydroxylation is 1. The van der Waals surface area contributed by atoms with E-state index in [2.05, 4.69) is 23.5 Å². The SMILES string of the molecule is CN[C@@H]1CCCc2cc(Sc3cccc(F)c3)ccc21. The molecule has 0 aromatic heterocycles. The van der Waals surface area contributed by atoms with Gasteiger partial charge in [-0.15, -0.1) is 0 Å². The van der Waals surface area contributed by atoms with E-state index in [1.807, 2.05) is 13.1 Å². The Labute approximate surface area is 123 Å². The van der Waals surface area contributed by atoms with E-state index in [1.54, 1.807) is 23.9 Å². The highest BCUT2D eigenvalue weighted by Gasteiger charge is 2.18. The molecule has 0 fully saturated rings. The van der Waals surface area contributed by atoms with E-state index in [4.69, 9.17) is 0 Å². The number of fused-ring (bicyclic) bond motifs is 1. The van der Waals surface area contributed by atoms with E-state index in [0.29, 0.717) is 6.04 Å². The lowest BCUT2D eigenvalue weighted by Gasteiger charge is -2.25. The Hall–Kier alpha value is -1.32. The maximum atomic E-state index is 13.2. The van der Waals surface area contributed by atoms with Crippen molar-refractivity contribution in [3.63, 3.8) is 0 Å². The van der Waals surface area contributed by atoms with Crippen molar-refractivity contribution >= 4 is 11.8 Å². The van der Waals surface area contributed by atoms with E-state index in [-0.39, 0.29) is 5.82 Å². The predicted octanol–water partition coefficient (Wildman–Crippen LogP) is 4.57. The Morgan fingerprint density at radius 2 is 2.00 bits per heavy atom. The molecule has 1 atom stereocenters. The van der Waals surface area contributed by atoms with Crippen LogP contribution in [0.15, 0.2) is 52.3 Å². The molecule has 0 saturated heterocycles. The lowest BCUT2D eigenvalue weighted by atomic mass is 9.88. The van der Waals surface area contributed by atoms with Gasteiger partial charge in [0.15, 0.2) is 0 Å². The molecule has 1 aliphatic rings. The zero-order chi connectivity index (χ0) is 13.9. The number of hydrogen-bond acceptors (Lipinski definition) is 2. The van der Waals surface area contributed by atoms with E-state index in [1.165, 1.54) is 34.9 Å². The molecule has 0 saturated carbocycles. The molecule has 0 unspecified atom stereocenters. The third-order valence-corrected chi connectivity index (χ3v) is 4.79. The van der Waals surface area contributed by atoms with E-state index < -0.39 is 0 Å². The van der Waals surface area contributed by atoms with Gasteiger partial charge in [0.05, 0.1) is 0 Å². The van der Waals surface area contributed by atoms with Gasteiger partial charge >= 0.3 is 0 Å². The second kappa shape index (κ2) is 5.98. The highest BCUT2D eigenvalue weighted by Crippen LogP contribution is 2.34. The zero-order valence-corrected chi connectivity index (χ0v) is 12.3. The van der Waals surface area contributed by atoms with Crippen LogP contribution in [-0.2, 0) is 6.42 Å². The molecule has 2 aromatic carbocycles. The van der Waals surface area contributed by atoms with Crippen LogP contribution in [0.5, 0.6) is 0 Å². The normalized spacial score (nSPS) is 17.8. The number of benzene rings is 2. The van der Waals surface area contributed by atoms with Gasteiger partial charge in [0, 0.05) is 15.8 Å². The maximum Gasteiger partial charge on any atom is 0.124 e. The maximum absolute atomic E-state index is 13.2. The molecular formula is C17H18FNS. The van der Waals surface area contributed by atoms with Gasteiger partial charge in [0.25, 0.3) is 0 Å². The van der Waals surface area contributed by atoms with Gasteiger partial charge in [-0.3, -0.25) is 0 Å². The first-order chi connectivity index (χ1) is 9.76. The molecule has 0 spiro atoms. The van der Waals surface area contributed by atoms with Crippen LogP contribution in [-0.4, -0.2) is 7.05 Å². The van der Waals surface area contributed by atoms with E-state index in [0.717, 1.165) is 11.3 Å². The summed E-state index contributed by atoms with van der Waals surface area (Å²) >= 11 is 1.62. The summed E-state index contributed by atoms with van der Waals surface area (Å²) in [5.41, 5.74) is 2.85. The van der Waals surface area contributed by atoms with Crippen LogP contribution in [0.1, 0.15) is 30.0 Å². The fourth-order valence-corrected chi connectivity index (χ4v) is 3.75. The second-order valence-electron chi connectivity index (χ2n) is 5.15. The highest BCUT2D eigenvalue weighted by molar-refractivity contribution is 7.99. The number of halogens is 1. The Morgan fingerprint density at radius 3 is 2.80 bits per heavy atom. The Morgan fingerprint density at radius 1 is 1.15 bits per heavy atom. The fourth-order valence-electron chi connectivity index (χ4n) is 2.82. The molecule has 1 aliphatic carbocycles. The molecule has 0 radical (unpaired) electrons. The summed E-state index contributed by atoms with van der Waals surface area (Å²) in [5.74, 6) is -0.178. The monoisotopic (exact) mass is 287 g/mol. The van der Waals surface area contributed by atoms with Crippen LogP contribution in [0, 0.1) is 5.82 Å². The summed E-state index contributed by atoms with van der Waals surface area (Å²) < 4.78 is 13.2. The first-order valence-electron chi connectivity index (χ1n) is 7.00. The van der Waals surface area contributed by atoms with Crippen molar-refractivity contribution in [2.24, 2.45) is 0 Å². The lowest BCUT2D eigenvalue weighted by molar-refractivity contribution is 0.496. The van der Waals surface area contributed by atoms with E-state index >= 15 is 0 Å².